The van der Waals surface area contributed by atoms with Crippen LogP contribution in [0.15, 0.2) is 33.7 Å². The minimum atomic E-state index is -1.06. The first-order valence-electron chi connectivity index (χ1n) is 8.50. The molecule has 1 aromatic rings. The lowest BCUT2D eigenvalue weighted by atomic mass is 9.95. The van der Waals surface area contributed by atoms with Gasteiger partial charge in [-0.25, -0.2) is 9.69 Å². The Labute approximate surface area is 153 Å². The number of carbonyl (C=O) groups is 3. The third-order valence-electron chi connectivity index (χ3n) is 5.41. The average molecular weight is 404 g/mol. The maximum absolute atomic E-state index is 12.7. The number of imide groups is 2. The molecule has 2 aliphatic carbocycles. The van der Waals surface area contributed by atoms with E-state index in [-0.39, 0.29) is 6.04 Å². The Morgan fingerprint density at radius 1 is 1.12 bits per heavy atom. The number of anilines is 1. The molecule has 1 aromatic carbocycles. The van der Waals surface area contributed by atoms with E-state index < -0.39 is 23.8 Å². The summed E-state index contributed by atoms with van der Waals surface area (Å²) in [7, 11) is 0. The van der Waals surface area contributed by atoms with Gasteiger partial charge >= 0.3 is 6.03 Å². The number of nitrogens with zero attached hydrogens (tertiary/aromatic N) is 2. The monoisotopic (exact) mass is 403 g/mol. The van der Waals surface area contributed by atoms with Crippen molar-refractivity contribution in [1.29, 1.82) is 0 Å². The van der Waals surface area contributed by atoms with Crippen molar-refractivity contribution in [2.24, 2.45) is 22.7 Å². The molecule has 1 saturated heterocycles. The Morgan fingerprint density at radius 3 is 2.52 bits per heavy atom. The predicted molar refractivity (Wildman–Crippen MR) is 96.4 cm³/mol. The minimum Gasteiger partial charge on any atom is -0.293 e. The van der Waals surface area contributed by atoms with Gasteiger partial charge in [-0.05, 0) is 55.4 Å². The second kappa shape index (κ2) is 6.37. The van der Waals surface area contributed by atoms with Crippen molar-refractivity contribution < 1.29 is 14.4 Å². The van der Waals surface area contributed by atoms with E-state index in [0.717, 1.165) is 21.7 Å². The summed E-state index contributed by atoms with van der Waals surface area (Å²) in [6.07, 6.45) is 6.14. The number of barbiturate groups is 1. The molecule has 1 heterocycles. The van der Waals surface area contributed by atoms with Crippen molar-refractivity contribution in [3.05, 3.63) is 28.7 Å². The van der Waals surface area contributed by atoms with Crippen LogP contribution in [0, 0.1) is 17.8 Å². The smallest absolute Gasteiger partial charge is 0.293 e. The molecule has 0 radical (unpaired) electrons. The van der Waals surface area contributed by atoms with Gasteiger partial charge in [0.15, 0.2) is 5.92 Å². The van der Waals surface area contributed by atoms with Gasteiger partial charge in [-0.2, -0.15) is 0 Å². The Bertz CT molecular complexity index is 761. The predicted octanol–water partition coefficient (Wildman–Crippen LogP) is 2.91. The molecule has 3 aliphatic rings. The quantitative estimate of drug-likeness (QED) is 0.622. The van der Waals surface area contributed by atoms with Crippen molar-refractivity contribution in [3.8, 4) is 0 Å². The third kappa shape index (κ3) is 3.01. The third-order valence-corrected chi connectivity index (χ3v) is 5.94. The zero-order valence-corrected chi connectivity index (χ0v) is 15.1. The number of halogens is 1. The molecule has 0 unspecified atom stereocenters. The van der Waals surface area contributed by atoms with E-state index in [1.807, 2.05) is 0 Å². The number of amides is 4. The van der Waals surface area contributed by atoms with E-state index in [4.69, 9.17) is 0 Å². The molecule has 4 atom stereocenters. The van der Waals surface area contributed by atoms with Gasteiger partial charge in [0.05, 0.1) is 11.7 Å². The van der Waals surface area contributed by atoms with Gasteiger partial charge in [0.25, 0.3) is 5.91 Å². The van der Waals surface area contributed by atoms with Crippen molar-refractivity contribution >= 4 is 45.7 Å². The van der Waals surface area contributed by atoms with Gasteiger partial charge < -0.3 is 0 Å². The number of urea groups is 1. The highest BCUT2D eigenvalue weighted by Crippen LogP contribution is 2.45. The van der Waals surface area contributed by atoms with Crippen molar-refractivity contribution in [2.45, 2.75) is 31.7 Å². The van der Waals surface area contributed by atoms with E-state index in [2.05, 4.69) is 26.2 Å². The summed E-state index contributed by atoms with van der Waals surface area (Å²) in [6, 6.07) is 6.28. The lowest BCUT2D eigenvalue weighted by molar-refractivity contribution is -0.131. The maximum Gasteiger partial charge on any atom is 0.335 e. The first-order valence-corrected chi connectivity index (χ1v) is 9.30. The number of nitrogens with one attached hydrogen (secondary N) is 1. The largest absolute Gasteiger partial charge is 0.335 e. The van der Waals surface area contributed by atoms with Crippen LogP contribution in [0.4, 0.5) is 10.5 Å². The van der Waals surface area contributed by atoms with Gasteiger partial charge in [-0.1, -0.05) is 22.4 Å². The Balaban J connectivity index is 1.55. The summed E-state index contributed by atoms with van der Waals surface area (Å²) in [5.41, 5.74) is 0.427. The van der Waals surface area contributed by atoms with Crippen LogP contribution in [0.5, 0.6) is 0 Å². The molecule has 4 amide bonds. The van der Waals surface area contributed by atoms with Crippen LogP contribution in [0.3, 0.4) is 0 Å². The van der Waals surface area contributed by atoms with Crippen molar-refractivity contribution in [3.63, 3.8) is 0 Å². The van der Waals surface area contributed by atoms with Crippen molar-refractivity contribution in [1.82, 2.24) is 5.32 Å². The van der Waals surface area contributed by atoms with Gasteiger partial charge in [-0.3, -0.25) is 19.9 Å². The molecule has 2 saturated carbocycles. The zero-order valence-electron chi connectivity index (χ0n) is 13.5. The minimum absolute atomic E-state index is 0.207. The van der Waals surface area contributed by atoms with Crippen LogP contribution in [-0.2, 0) is 9.59 Å². The number of fused-ring (bicyclic) bond motifs is 2. The molecule has 1 aliphatic heterocycles. The summed E-state index contributed by atoms with van der Waals surface area (Å²) in [5.74, 6) is -0.894. The van der Waals surface area contributed by atoms with Crippen LogP contribution >= 0.6 is 15.9 Å². The van der Waals surface area contributed by atoms with E-state index in [1.165, 1.54) is 25.5 Å². The number of benzene rings is 1. The summed E-state index contributed by atoms with van der Waals surface area (Å²) < 4.78 is 0.839. The van der Waals surface area contributed by atoms with Gasteiger partial charge in [0, 0.05) is 10.7 Å². The fourth-order valence-electron chi connectivity index (χ4n) is 4.15. The summed E-state index contributed by atoms with van der Waals surface area (Å²) in [5, 5.41) is 2.26. The highest BCUT2D eigenvalue weighted by molar-refractivity contribution is 9.10. The molecule has 1 N–H and O–H groups in total. The van der Waals surface area contributed by atoms with Crippen LogP contribution in [-0.4, -0.2) is 30.1 Å². The summed E-state index contributed by atoms with van der Waals surface area (Å²) in [6.45, 7) is 0. The molecular weight excluding hydrogens is 386 g/mol. The highest BCUT2D eigenvalue weighted by Gasteiger charge is 2.42. The van der Waals surface area contributed by atoms with E-state index >= 15 is 0 Å². The normalized spacial score (nSPS) is 31.9. The van der Waals surface area contributed by atoms with E-state index in [1.54, 1.807) is 24.3 Å². The first-order chi connectivity index (χ1) is 12.0. The number of hydrogen-bond acceptors (Lipinski definition) is 4. The van der Waals surface area contributed by atoms with Crippen LogP contribution < -0.4 is 10.2 Å². The molecule has 3 fully saturated rings. The number of hydrogen-bond donors (Lipinski definition) is 1. The molecule has 0 spiro atoms. The van der Waals surface area contributed by atoms with E-state index in [9.17, 15) is 14.4 Å². The molecule has 7 heteroatoms. The van der Waals surface area contributed by atoms with Gasteiger partial charge in [0.2, 0.25) is 5.91 Å². The zero-order chi connectivity index (χ0) is 17.6. The Morgan fingerprint density at radius 2 is 1.88 bits per heavy atom. The second-order valence-corrected chi connectivity index (χ2v) is 7.88. The SMILES string of the molecule is O=C1NC(=O)N(c2ccc(Br)cc2)C(=O)[C@@H]1C=N[C@@H]1C[C@H]2CC[C@H]1C2. The molecule has 130 valence electrons. The molecule has 4 rings (SSSR count). The van der Waals surface area contributed by atoms with Gasteiger partial charge in [-0.15, -0.1) is 0 Å². The topological polar surface area (TPSA) is 78.8 Å². The van der Waals surface area contributed by atoms with E-state index in [0.29, 0.717) is 11.6 Å². The number of rotatable bonds is 3. The second-order valence-electron chi connectivity index (χ2n) is 6.96. The van der Waals surface area contributed by atoms with Crippen LogP contribution in [0.25, 0.3) is 0 Å². The lowest BCUT2D eigenvalue weighted by Gasteiger charge is -2.29. The fourth-order valence-corrected chi connectivity index (χ4v) is 4.41. The maximum atomic E-state index is 12.7. The number of carbonyl (C=O) groups excluding carboxylic acids is 3. The molecule has 2 bridgehead atoms. The standard InChI is InChI=1S/C18H18BrN3O3/c19-12-3-5-13(6-4-12)22-17(24)14(16(23)21-18(22)25)9-20-15-8-10-1-2-11(15)7-10/h3-6,9-11,14-15H,1-2,7-8H2,(H,21,23,25)/t10-,11-,14+,15+/m0/s1. The summed E-state index contributed by atoms with van der Waals surface area (Å²) >= 11 is 3.32. The highest BCUT2D eigenvalue weighted by atomic mass is 79.9. The lowest BCUT2D eigenvalue weighted by Crippen LogP contribution is -2.58. The Kier molecular flexibility index (Phi) is 4.19. The molecule has 6 nitrogen and oxygen atoms in total. The number of aliphatic imine (C=N–C) groups is 1. The van der Waals surface area contributed by atoms with Crippen LogP contribution in [0.1, 0.15) is 25.7 Å². The molecular formula is C18H18BrN3O3. The average Bonchev–Trinajstić information content (AvgIpc) is 3.19. The first kappa shape index (κ1) is 16.4. The van der Waals surface area contributed by atoms with Gasteiger partial charge in [0.1, 0.15) is 0 Å². The Hall–Kier alpha value is -2.02. The molecule has 0 aromatic heterocycles. The summed E-state index contributed by atoms with van der Waals surface area (Å²) in [4.78, 5) is 42.5. The molecule has 25 heavy (non-hydrogen) atoms. The van der Waals surface area contributed by atoms with Crippen molar-refractivity contribution in [2.75, 3.05) is 4.90 Å². The fraction of sp³-hybridized carbons (Fsp3) is 0.444. The van der Waals surface area contributed by atoms with Crippen LogP contribution in [0.2, 0.25) is 0 Å².